The van der Waals surface area contributed by atoms with E-state index >= 15 is 0 Å². The predicted octanol–water partition coefficient (Wildman–Crippen LogP) is 5.36. The number of anilines is 1. The number of halogens is 2. The highest BCUT2D eigenvalue weighted by atomic mass is 35.5. The van der Waals surface area contributed by atoms with Crippen molar-refractivity contribution in [3.63, 3.8) is 0 Å². The quantitative estimate of drug-likeness (QED) is 0.554. The van der Waals surface area contributed by atoms with Gasteiger partial charge in [0.05, 0.1) is 16.8 Å². The molecule has 0 bridgehead atoms. The Morgan fingerprint density at radius 1 is 1.39 bits per heavy atom. The van der Waals surface area contributed by atoms with Gasteiger partial charge in [-0.1, -0.05) is 30.7 Å². The first kappa shape index (κ1) is 20.3. The molecular formula is C22H25ClFN3O. The number of fused-ring (bicyclic) bond motifs is 1. The number of benzene rings is 2. The van der Waals surface area contributed by atoms with Crippen molar-refractivity contribution < 1.29 is 9.18 Å². The number of nitrogens with one attached hydrogen (secondary N) is 1. The van der Waals surface area contributed by atoms with Crippen LogP contribution in [0, 0.1) is 5.82 Å². The molecule has 1 N–H and O–H groups in total. The van der Waals surface area contributed by atoms with E-state index in [0.717, 1.165) is 24.2 Å². The summed E-state index contributed by atoms with van der Waals surface area (Å²) in [6.07, 6.45) is 2.33. The van der Waals surface area contributed by atoms with Gasteiger partial charge < -0.3 is 4.90 Å². The average molecular weight is 402 g/mol. The third-order valence-corrected chi connectivity index (χ3v) is 5.64. The van der Waals surface area contributed by atoms with E-state index in [4.69, 9.17) is 11.6 Å². The summed E-state index contributed by atoms with van der Waals surface area (Å²) in [5, 5.41) is 4.26. The van der Waals surface area contributed by atoms with E-state index in [1.165, 1.54) is 6.21 Å². The Balaban J connectivity index is 1.84. The van der Waals surface area contributed by atoms with Gasteiger partial charge in [0.2, 0.25) is 0 Å². The number of carbonyl (C=O) groups is 1. The molecule has 0 fully saturated rings. The zero-order chi connectivity index (χ0) is 20.5. The molecule has 1 aliphatic heterocycles. The highest BCUT2D eigenvalue weighted by molar-refractivity contribution is 6.33. The Kier molecular flexibility index (Phi) is 5.75. The Morgan fingerprint density at radius 3 is 2.79 bits per heavy atom. The Bertz CT molecular complexity index is 926. The molecule has 2 aromatic rings. The lowest BCUT2D eigenvalue weighted by atomic mass is 9.79. The Morgan fingerprint density at radius 2 is 2.11 bits per heavy atom. The lowest BCUT2D eigenvalue weighted by Crippen LogP contribution is -2.48. The minimum Gasteiger partial charge on any atom is -0.366 e. The molecule has 28 heavy (non-hydrogen) atoms. The van der Waals surface area contributed by atoms with Gasteiger partial charge in [-0.3, -0.25) is 4.79 Å². The van der Waals surface area contributed by atoms with E-state index < -0.39 is 5.91 Å². The topological polar surface area (TPSA) is 44.7 Å². The Labute approximate surface area is 170 Å². The molecule has 0 saturated heterocycles. The molecule has 1 amide bonds. The maximum atomic E-state index is 14.7. The summed E-state index contributed by atoms with van der Waals surface area (Å²) in [7, 11) is 0. The predicted molar refractivity (Wildman–Crippen MR) is 113 cm³/mol. The second-order valence-electron chi connectivity index (χ2n) is 7.77. The smallest absolute Gasteiger partial charge is 0.272 e. The van der Waals surface area contributed by atoms with Gasteiger partial charge in [-0.25, -0.2) is 9.82 Å². The number of hydrogen-bond donors (Lipinski definition) is 1. The van der Waals surface area contributed by atoms with Crippen molar-refractivity contribution in [2.24, 2.45) is 5.10 Å². The first-order valence-corrected chi connectivity index (χ1v) is 9.81. The summed E-state index contributed by atoms with van der Waals surface area (Å²) < 4.78 is 14.7. The van der Waals surface area contributed by atoms with E-state index in [1.807, 2.05) is 6.07 Å². The van der Waals surface area contributed by atoms with Gasteiger partial charge >= 0.3 is 0 Å². The van der Waals surface area contributed by atoms with Gasteiger partial charge in [0, 0.05) is 23.3 Å². The van der Waals surface area contributed by atoms with Gasteiger partial charge in [-0.05, 0) is 62.9 Å². The molecule has 6 heteroatoms. The summed E-state index contributed by atoms with van der Waals surface area (Å²) in [6.45, 7) is 9.43. The van der Waals surface area contributed by atoms with Crippen LogP contribution >= 0.6 is 11.6 Å². The third-order valence-electron chi connectivity index (χ3n) is 5.31. The summed E-state index contributed by atoms with van der Waals surface area (Å²) in [6, 6.07) is 10.1. The standard InChI is InChI=1S/C22H25ClFN3O/c1-5-27-20-11-19(24)15(10-17(20)14(2)12-22(27,3)4)13-25-26-21(28)16-8-6-7-9-18(16)23/h6-11,13-14H,5,12H2,1-4H3,(H,26,28)/b25-13-. The fourth-order valence-electron chi connectivity index (χ4n) is 4.08. The molecule has 3 rings (SSSR count). The first-order valence-electron chi connectivity index (χ1n) is 9.43. The van der Waals surface area contributed by atoms with Crippen LogP contribution in [0.2, 0.25) is 5.02 Å². The average Bonchev–Trinajstić information content (AvgIpc) is 2.62. The van der Waals surface area contributed by atoms with Crippen LogP contribution in [0.25, 0.3) is 0 Å². The van der Waals surface area contributed by atoms with E-state index in [9.17, 15) is 9.18 Å². The lowest BCUT2D eigenvalue weighted by Gasteiger charge is -2.47. The number of carbonyl (C=O) groups excluding carboxylic acids is 1. The molecule has 1 heterocycles. The number of rotatable bonds is 4. The molecule has 148 valence electrons. The number of hydrogen-bond acceptors (Lipinski definition) is 3. The van der Waals surface area contributed by atoms with Crippen LogP contribution in [0.3, 0.4) is 0 Å². The van der Waals surface area contributed by atoms with Crippen LogP contribution in [-0.4, -0.2) is 24.2 Å². The Hall–Kier alpha value is -2.40. The summed E-state index contributed by atoms with van der Waals surface area (Å²) >= 11 is 6.01. The highest BCUT2D eigenvalue weighted by Crippen LogP contribution is 2.43. The van der Waals surface area contributed by atoms with Crippen molar-refractivity contribution in [3.05, 3.63) is 63.9 Å². The fraction of sp³-hybridized carbons (Fsp3) is 0.364. The monoisotopic (exact) mass is 401 g/mol. The van der Waals surface area contributed by atoms with E-state index in [2.05, 4.69) is 43.1 Å². The van der Waals surface area contributed by atoms with E-state index in [1.54, 1.807) is 30.3 Å². The molecule has 1 unspecified atom stereocenters. The van der Waals surface area contributed by atoms with Crippen LogP contribution in [0.1, 0.15) is 61.5 Å². The number of amides is 1. The van der Waals surface area contributed by atoms with Gasteiger partial charge in [0.25, 0.3) is 5.91 Å². The van der Waals surface area contributed by atoms with Crippen molar-refractivity contribution >= 4 is 29.4 Å². The number of nitrogens with zero attached hydrogens (tertiary/aromatic N) is 2. The maximum absolute atomic E-state index is 14.7. The van der Waals surface area contributed by atoms with Crippen LogP contribution in [0.4, 0.5) is 10.1 Å². The SMILES string of the molecule is CCN1c2cc(F)c(/C=N\NC(=O)c3ccccc3Cl)cc2C(C)CC1(C)C. The zero-order valence-electron chi connectivity index (χ0n) is 16.6. The van der Waals surface area contributed by atoms with Crippen LogP contribution in [-0.2, 0) is 0 Å². The molecule has 0 aliphatic carbocycles. The molecule has 0 spiro atoms. The van der Waals surface area contributed by atoms with Crippen molar-refractivity contribution in [2.45, 2.75) is 45.6 Å². The van der Waals surface area contributed by atoms with Crippen molar-refractivity contribution in [3.8, 4) is 0 Å². The van der Waals surface area contributed by atoms with E-state index in [-0.39, 0.29) is 11.4 Å². The van der Waals surface area contributed by atoms with Gasteiger partial charge in [0.1, 0.15) is 5.82 Å². The first-order chi connectivity index (χ1) is 13.2. The molecule has 0 saturated carbocycles. The second kappa shape index (κ2) is 7.92. The van der Waals surface area contributed by atoms with Crippen LogP contribution < -0.4 is 10.3 Å². The minimum absolute atomic E-state index is 0.0217. The molecule has 1 aliphatic rings. The largest absolute Gasteiger partial charge is 0.366 e. The van der Waals surface area contributed by atoms with Gasteiger partial charge in [0.15, 0.2) is 0 Å². The van der Waals surface area contributed by atoms with Crippen molar-refractivity contribution in [2.75, 3.05) is 11.4 Å². The maximum Gasteiger partial charge on any atom is 0.272 e. The molecule has 0 aromatic heterocycles. The van der Waals surface area contributed by atoms with Crippen LogP contribution in [0.5, 0.6) is 0 Å². The van der Waals surface area contributed by atoms with E-state index in [0.29, 0.717) is 22.1 Å². The zero-order valence-corrected chi connectivity index (χ0v) is 17.3. The van der Waals surface area contributed by atoms with Gasteiger partial charge in [-0.2, -0.15) is 5.10 Å². The second-order valence-corrected chi connectivity index (χ2v) is 8.18. The molecular weight excluding hydrogens is 377 g/mol. The fourth-order valence-corrected chi connectivity index (χ4v) is 4.31. The van der Waals surface area contributed by atoms with Crippen molar-refractivity contribution in [1.82, 2.24) is 5.43 Å². The molecule has 2 aromatic carbocycles. The van der Waals surface area contributed by atoms with Gasteiger partial charge in [-0.15, -0.1) is 0 Å². The van der Waals surface area contributed by atoms with Crippen LogP contribution in [0.15, 0.2) is 41.5 Å². The molecule has 1 atom stereocenters. The summed E-state index contributed by atoms with van der Waals surface area (Å²) in [5.41, 5.74) is 5.09. The minimum atomic E-state index is -0.438. The summed E-state index contributed by atoms with van der Waals surface area (Å²) in [4.78, 5) is 14.4. The highest BCUT2D eigenvalue weighted by Gasteiger charge is 2.36. The molecule has 0 radical (unpaired) electrons. The normalized spacial score (nSPS) is 18.2. The summed E-state index contributed by atoms with van der Waals surface area (Å²) in [5.74, 6) is -0.497. The lowest BCUT2D eigenvalue weighted by molar-refractivity contribution is 0.0955. The number of hydrazone groups is 1. The third kappa shape index (κ3) is 3.90. The molecule has 4 nitrogen and oxygen atoms in total. The van der Waals surface area contributed by atoms with Crippen molar-refractivity contribution in [1.29, 1.82) is 0 Å².